The average molecular weight is 376 g/mol. The van der Waals surface area contributed by atoms with E-state index in [1.807, 2.05) is 25.1 Å². The highest BCUT2D eigenvalue weighted by Crippen LogP contribution is 2.37. The Morgan fingerprint density at radius 1 is 1.21 bits per heavy atom. The Kier molecular flexibility index (Phi) is 4.90. The quantitative estimate of drug-likeness (QED) is 0.673. The summed E-state index contributed by atoms with van der Waals surface area (Å²) in [5.41, 5.74) is 5.24. The lowest BCUT2D eigenvalue weighted by molar-refractivity contribution is -0.143. The Labute approximate surface area is 164 Å². The van der Waals surface area contributed by atoms with E-state index in [1.165, 1.54) is 0 Å². The standard InChI is InChI=1S/C23H24N2O3/c1-4-28-23(26)19-13-24-12-14(2)21-18-9-8-16(11-20(18)25-22(19)21)15-6-5-7-17(10-15)27-3/h5-11,13-14,19,25H,4,12H2,1-3H3. The average Bonchev–Trinajstić information content (AvgIpc) is 3.01. The van der Waals surface area contributed by atoms with Crippen LogP contribution in [0.2, 0.25) is 0 Å². The number of carbonyl (C=O) groups is 1. The first-order valence-electron chi connectivity index (χ1n) is 9.59. The van der Waals surface area contributed by atoms with E-state index < -0.39 is 5.92 Å². The Morgan fingerprint density at radius 2 is 2.04 bits per heavy atom. The number of methoxy groups -OCH3 is 1. The summed E-state index contributed by atoms with van der Waals surface area (Å²) >= 11 is 0. The predicted molar refractivity (Wildman–Crippen MR) is 111 cm³/mol. The highest BCUT2D eigenvalue weighted by Gasteiger charge is 2.30. The van der Waals surface area contributed by atoms with Gasteiger partial charge in [0.15, 0.2) is 0 Å². The van der Waals surface area contributed by atoms with Crippen molar-refractivity contribution in [1.82, 2.24) is 4.98 Å². The van der Waals surface area contributed by atoms with Crippen LogP contribution in [-0.2, 0) is 9.53 Å². The molecule has 0 spiro atoms. The smallest absolute Gasteiger partial charge is 0.320 e. The Bertz CT molecular complexity index is 1050. The Hall–Kier alpha value is -3.08. The van der Waals surface area contributed by atoms with Crippen LogP contribution in [0.4, 0.5) is 0 Å². The number of aromatic amines is 1. The number of nitrogens with zero attached hydrogens (tertiary/aromatic N) is 1. The van der Waals surface area contributed by atoms with Crippen LogP contribution in [0.1, 0.15) is 36.9 Å². The molecule has 0 amide bonds. The van der Waals surface area contributed by atoms with E-state index in [4.69, 9.17) is 9.47 Å². The number of aromatic nitrogens is 1. The minimum Gasteiger partial charge on any atom is -0.497 e. The van der Waals surface area contributed by atoms with E-state index >= 15 is 0 Å². The molecule has 0 radical (unpaired) electrons. The van der Waals surface area contributed by atoms with Gasteiger partial charge in [-0.2, -0.15) is 0 Å². The summed E-state index contributed by atoms with van der Waals surface area (Å²) in [6.45, 7) is 4.98. The van der Waals surface area contributed by atoms with E-state index in [-0.39, 0.29) is 11.9 Å². The van der Waals surface area contributed by atoms with Crippen LogP contribution in [0.15, 0.2) is 47.5 Å². The molecule has 2 unspecified atom stereocenters. The molecule has 4 rings (SSSR count). The highest BCUT2D eigenvalue weighted by atomic mass is 16.5. The van der Waals surface area contributed by atoms with Gasteiger partial charge >= 0.3 is 5.97 Å². The van der Waals surface area contributed by atoms with Gasteiger partial charge in [-0.05, 0) is 41.8 Å². The number of fused-ring (bicyclic) bond motifs is 3. The van der Waals surface area contributed by atoms with Crippen molar-refractivity contribution in [3.05, 3.63) is 53.7 Å². The molecule has 2 aromatic carbocycles. The maximum atomic E-state index is 12.5. The predicted octanol–water partition coefficient (Wildman–Crippen LogP) is 4.68. The lowest BCUT2D eigenvalue weighted by Crippen LogP contribution is -2.18. The second-order valence-electron chi connectivity index (χ2n) is 7.09. The fourth-order valence-electron chi connectivity index (χ4n) is 3.90. The van der Waals surface area contributed by atoms with Gasteiger partial charge in [-0.25, -0.2) is 0 Å². The normalized spacial score (nSPS) is 18.5. The van der Waals surface area contributed by atoms with Crippen molar-refractivity contribution in [1.29, 1.82) is 0 Å². The molecule has 3 aromatic rings. The largest absolute Gasteiger partial charge is 0.497 e. The van der Waals surface area contributed by atoms with Gasteiger partial charge in [0.05, 0.1) is 13.7 Å². The molecular formula is C23H24N2O3. The van der Waals surface area contributed by atoms with Gasteiger partial charge in [-0.3, -0.25) is 9.79 Å². The molecule has 1 N–H and O–H groups in total. The van der Waals surface area contributed by atoms with Crippen molar-refractivity contribution in [3.8, 4) is 16.9 Å². The van der Waals surface area contributed by atoms with Gasteiger partial charge in [0.25, 0.3) is 0 Å². The van der Waals surface area contributed by atoms with Crippen LogP contribution in [0.5, 0.6) is 5.75 Å². The molecule has 1 aliphatic heterocycles. The van der Waals surface area contributed by atoms with E-state index in [0.29, 0.717) is 13.2 Å². The molecule has 1 aliphatic rings. The lowest BCUT2D eigenvalue weighted by atomic mass is 9.93. The molecule has 0 saturated carbocycles. The highest BCUT2D eigenvalue weighted by molar-refractivity contribution is 6.00. The third-order valence-corrected chi connectivity index (χ3v) is 5.25. The van der Waals surface area contributed by atoms with Crippen molar-refractivity contribution in [2.75, 3.05) is 20.3 Å². The molecule has 5 heteroatoms. The van der Waals surface area contributed by atoms with Crippen LogP contribution in [0, 0.1) is 0 Å². The monoisotopic (exact) mass is 376 g/mol. The number of esters is 1. The SMILES string of the molecule is CCOC(=O)C1C=NCC(C)c2c1[nH]c1cc(-c3cccc(OC)c3)ccc21. The lowest BCUT2D eigenvalue weighted by Gasteiger charge is -2.12. The van der Waals surface area contributed by atoms with Gasteiger partial charge in [-0.1, -0.05) is 31.2 Å². The fourth-order valence-corrected chi connectivity index (χ4v) is 3.90. The van der Waals surface area contributed by atoms with Gasteiger partial charge < -0.3 is 14.5 Å². The zero-order valence-corrected chi connectivity index (χ0v) is 16.4. The van der Waals surface area contributed by atoms with Crippen LogP contribution < -0.4 is 4.74 Å². The molecule has 28 heavy (non-hydrogen) atoms. The Balaban J connectivity index is 1.83. The number of aliphatic imine (C=N–C) groups is 1. The summed E-state index contributed by atoms with van der Waals surface area (Å²) in [6.07, 6.45) is 1.72. The minimum absolute atomic E-state index is 0.224. The number of H-pyrrole nitrogens is 1. The number of hydrogen-bond donors (Lipinski definition) is 1. The van der Waals surface area contributed by atoms with E-state index in [1.54, 1.807) is 13.3 Å². The third kappa shape index (κ3) is 3.17. The first kappa shape index (κ1) is 18.3. The summed E-state index contributed by atoms with van der Waals surface area (Å²) in [4.78, 5) is 20.5. The number of carbonyl (C=O) groups excluding carboxylic acids is 1. The molecule has 0 bridgehead atoms. The molecule has 5 nitrogen and oxygen atoms in total. The zero-order chi connectivity index (χ0) is 19.7. The molecular weight excluding hydrogens is 352 g/mol. The molecule has 0 aliphatic carbocycles. The first-order valence-corrected chi connectivity index (χ1v) is 9.59. The zero-order valence-electron chi connectivity index (χ0n) is 16.4. The summed E-state index contributed by atoms with van der Waals surface area (Å²) in [6, 6.07) is 14.4. The van der Waals surface area contributed by atoms with Crippen LogP contribution in [-0.4, -0.2) is 37.4 Å². The second-order valence-corrected chi connectivity index (χ2v) is 7.09. The number of ether oxygens (including phenoxy) is 2. The minimum atomic E-state index is -0.493. The number of hydrogen-bond acceptors (Lipinski definition) is 4. The van der Waals surface area contributed by atoms with Crippen LogP contribution in [0.3, 0.4) is 0 Å². The van der Waals surface area contributed by atoms with Gasteiger partial charge in [-0.15, -0.1) is 0 Å². The van der Waals surface area contributed by atoms with E-state index in [9.17, 15) is 4.79 Å². The number of rotatable bonds is 4. The second kappa shape index (κ2) is 7.50. The number of nitrogens with one attached hydrogen (secondary N) is 1. The number of benzene rings is 2. The van der Waals surface area contributed by atoms with Crippen molar-refractivity contribution < 1.29 is 14.3 Å². The third-order valence-electron chi connectivity index (χ3n) is 5.25. The molecule has 2 heterocycles. The first-order chi connectivity index (χ1) is 13.6. The van der Waals surface area contributed by atoms with Gasteiger partial charge in [0.2, 0.25) is 0 Å². The van der Waals surface area contributed by atoms with Gasteiger partial charge in [0, 0.05) is 35.3 Å². The molecule has 1 aromatic heterocycles. The van der Waals surface area contributed by atoms with Crippen molar-refractivity contribution in [3.63, 3.8) is 0 Å². The van der Waals surface area contributed by atoms with E-state index in [2.05, 4.69) is 41.2 Å². The molecule has 0 fully saturated rings. The Morgan fingerprint density at radius 3 is 2.82 bits per heavy atom. The molecule has 0 saturated heterocycles. The van der Waals surface area contributed by atoms with Crippen LogP contribution >= 0.6 is 0 Å². The van der Waals surface area contributed by atoms with Crippen LogP contribution in [0.25, 0.3) is 22.0 Å². The summed E-state index contributed by atoms with van der Waals surface area (Å²) < 4.78 is 10.6. The van der Waals surface area contributed by atoms with Crippen molar-refractivity contribution in [2.45, 2.75) is 25.7 Å². The molecule has 2 atom stereocenters. The molecule has 144 valence electrons. The summed E-state index contributed by atoms with van der Waals surface area (Å²) in [5.74, 6) is 0.294. The van der Waals surface area contributed by atoms with Crippen molar-refractivity contribution >= 4 is 23.1 Å². The fraction of sp³-hybridized carbons (Fsp3) is 0.304. The van der Waals surface area contributed by atoms with E-state index in [0.717, 1.165) is 39.0 Å². The summed E-state index contributed by atoms with van der Waals surface area (Å²) in [7, 11) is 1.67. The topological polar surface area (TPSA) is 63.7 Å². The maximum Gasteiger partial charge on any atom is 0.320 e. The van der Waals surface area contributed by atoms with Gasteiger partial charge in [0.1, 0.15) is 11.7 Å². The summed E-state index contributed by atoms with van der Waals surface area (Å²) in [5, 5.41) is 1.13. The van der Waals surface area contributed by atoms with Crippen molar-refractivity contribution in [2.24, 2.45) is 4.99 Å². The maximum absolute atomic E-state index is 12.5.